The number of para-hydroxylation sites is 1. The molecule has 3 aromatic carbocycles. The standard InChI is InChI=1S/C26H16ClFN2O3S2/c27-20-10-17(28)6-5-15(20)12-29-13-16(19-3-1-2-4-21(19)29)9-24-25(31)30(26(34)35-24)18-7-8-22-23(11-18)33-14-32-22/h1-11,13H,12,14H2/b24-9-. The first kappa shape index (κ1) is 22.2. The van der Waals surface area contributed by atoms with E-state index < -0.39 is 0 Å². The first-order valence-corrected chi connectivity index (χ1v) is 12.3. The van der Waals surface area contributed by atoms with Gasteiger partial charge in [-0.2, -0.15) is 0 Å². The fraction of sp³-hybridized carbons (Fsp3) is 0.0769. The molecule has 0 bridgehead atoms. The number of hydrogen-bond acceptors (Lipinski definition) is 5. The van der Waals surface area contributed by atoms with E-state index in [0.717, 1.165) is 22.0 Å². The zero-order chi connectivity index (χ0) is 24.1. The molecule has 0 saturated carbocycles. The summed E-state index contributed by atoms with van der Waals surface area (Å²) in [4.78, 5) is 15.4. The highest BCUT2D eigenvalue weighted by Crippen LogP contribution is 2.41. The number of aromatic nitrogens is 1. The number of carbonyl (C=O) groups excluding carboxylic acids is 1. The topological polar surface area (TPSA) is 43.7 Å². The molecule has 0 N–H and O–H groups in total. The molecule has 2 aliphatic rings. The Balaban J connectivity index is 1.35. The predicted molar refractivity (Wildman–Crippen MR) is 141 cm³/mol. The number of halogens is 2. The van der Waals surface area contributed by atoms with Crippen LogP contribution in [0.15, 0.2) is 71.8 Å². The molecule has 5 nitrogen and oxygen atoms in total. The molecule has 174 valence electrons. The Bertz CT molecular complexity index is 1570. The SMILES string of the molecule is O=C1/C(=C/c2cn(Cc3ccc(F)cc3Cl)c3ccccc23)SC(=S)N1c1ccc2c(c1)OCO2. The normalized spacial score (nSPS) is 16.2. The van der Waals surface area contributed by atoms with E-state index in [1.165, 1.54) is 28.8 Å². The van der Waals surface area contributed by atoms with Crippen molar-refractivity contribution in [3.8, 4) is 11.5 Å². The van der Waals surface area contributed by atoms with E-state index in [1.807, 2.05) is 41.1 Å². The lowest BCUT2D eigenvalue weighted by Crippen LogP contribution is -2.27. The molecule has 0 radical (unpaired) electrons. The highest BCUT2D eigenvalue weighted by atomic mass is 35.5. The van der Waals surface area contributed by atoms with Crippen LogP contribution in [0.2, 0.25) is 5.02 Å². The summed E-state index contributed by atoms with van der Waals surface area (Å²) in [5.74, 6) is 0.658. The van der Waals surface area contributed by atoms with Gasteiger partial charge in [0.05, 0.1) is 10.6 Å². The molecule has 0 unspecified atom stereocenters. The summed E-state index contributed by atoms with van der Waals surface area (Å²) in [5, 5.41) is 1.35. The van der Waals surface area contributed by atoms with E-state index in [-0.39, 0.29) is 18.5 Å². The van der Waals surface area contributed by atoms with E-state index in [0.29, 0.717) is 38.0 Å². The van der Waals surface area contributed by atoms with Crippen molar-refractivity contribution < 1.29 is 18.7 Å². The smallest absolute Gasteiger partial charge is 0.270 e. The van der Waals surface area contributed by atoms with Gasteiger partial charge in [-0.05, 0) is 42.0 Å². The van der Waals surface area contributed by atoms with Crippen molar-refractivity contribution in [2.75, 3.05) is 11.7 Å². The van der Waals surface area contributed by atoms with E-state index >= 15 is 0 Å². The third-order valence-electron chi connectivity index (χ3n) is 5.87. The predicted octanol–water partition coefficient (Wildman–Crippen LogP) is 6.62. The number of thiocarbonyl (C=S) groups is 1. The van der Waals surface area contributed by atoms with Gasteiger partial charge in [0.2, 0.25) is 6.79 Å². The summed E-state index contributed by atoms with van der Waals surface area (Å²) in [5.41, 5.74) is 3.29. The molecule has 3 heterocycles. The van der Waals surface area contributed by atoms with Crippen LogP contribution in [0.5, 0.6) is 11.5 Å². The monoisotopic (exact) mass is 522 g/mol. The molecule has 0 atom stereocenters. The second kappa shape index (κ2) is 8.71. The molecular weight excluding hydrogens is 507 g/mol. The molecular formula is C26H16ClFN2O3S2. The summed E-state index contributed by atoms with van der Waals surface area (Å²) >= 11 is 13.1. The Hall–Kier alpha value is -3.33. The molecule has 1 amide bonds. The average Bonchev–Trinajstić information content (AvgIpc) is 3.52. The van der Waals surface area contributed by atoms with Gasteiger partial charge in [0, 0.05) is 40.3 Å². The molecule has 0 aliphatic carbocycles. The van der Waals surface area contributed by atoms with E-state index in [4.69, 9.17) is 33.3 Å². The van der Waals surface area contributed by atoms with Crippen LogP contribution in [-0.4, -0.2) is 21.6 Å². The quantitative estimate of drug-likeness (QED) is 0.223. The average molecular weight is 523 g/mol. The van der Waals surface area contributed by atoms with Crippen LogP contribution in [0.25, 0.3) is 17.0 Å². The Morgan fingerprint density at radius 2 is 1.91 bits per heavy atom. The first-order chi connectivity index (χ1) is 17.0. The van der Waals surface area contributed by atoms with Gasteiger partial charge in [-0.3, -0.25) is 9.69 Å². The minimum absolute atomic E-state index is 0.157. The van der Waals surface area contributed by atoms with Crippen molar-refractivity contribution in [1.82, 2.24) is 4.57 Å². The summed E-state index contributed by atoms with van der Waals surface area (Å²) in [6.07, 6.45) is 3.83. The van der Waals surface area contributed by atoms with Gasteiger partial charge in [0.25, 0.3) is 5.91 Å². The second-order valence-corrected chi connectivity index (χ2v) is 10.1. The number of carbonyl (C=O) groups is 1. The maximum absolute atomic E-state index is 13.5. The van der Waals surface area contributed by atoms with Gasteiger partial charge in [-0.25, -0.2) is 4.39 Å². The number of anilines is 1. The second-order valence-electron chi connectivity index (χ2n) is 8.02. The highest BCUT2D eigenvalue weighted by molar-refractivity contribution is 8.27. The fourth-order valence-corrected chi connectivity index (χ4v) is 5.73. The molecule has 1 aromatic heterocycles. The molecule has 35 heavy (non-hydrogen) atoms. The van der Waals surface area contributed by atoms with Gasteiger partial charge in [0.15, 0.2) is 15.8 Å². The van der Waals surface area contributed by atoms with Crippen molar-refractivity contribution in [3.63, 3.8) is 0 Å². The highest BCUT2D eigenvalue weighted by Gasteiger charge is 2.34. The zero-order valence-corrected chi connectivity index (χ0v) is 20.4. The van der Waals surface area contributed by atoms with E-state index in [2.05, 4.69) is 0 Å². The van der Waals surface area contributed by atoms with Crippen molar-refractivity contribution in [1.29, 1.82) is 0 Å². The summed E-state index contributed by atoms with van der Waals surface area (Å²) in [6.45, 7) is 0.621. The van der Waals surface area contributed by atoms with Gasteiger partial charge < -0.3 is 14.0 Å². The third-order valence-corrected chi connectivity index (χ3v) is 7.52. The summed E-state index contributed by atoms with van der Waals surface area (Å²) in [7, 11) is 0. The molecule has 2 aliphatic heterocycles. The molecule has 1 saturated heterocycles. The molecule has 4 aromatic rings. The largest absolute Gasteiger partial charge is 0.454 e. The van der Waals surface area contributed by atoms with Gasteiger partial charge >= 0.3 is 0 Å². The summed E-state index contributed by atoms with van der Waals surface area (Å²) in [6, 6.07) is 17.6. The lowest BCUT2D eigenvalue weighted by Gasteiger charge is -2.14. The molecule has 9 heteroatoms. The van der Waals surface area contributed by atoms with Crippen molar-refractivity contribution in [3.05, 3.63) is 93.7 Å². The maximum atomic E-state index is 13.5. The van der Waals surface area contributed by atoms with Crippen LogP contribution >= 0.6 is 35.6 Å². The Kier molecular flexibility index (Phi) is 5.51. The van der Waals surface area contributed by atoms with Crippen LogP contribution in [-0.2, 0) is 11.3 Å². The molecule has 1 fully saturated rings. The van der Waals surface area contributed by atoms with Gasteiger partial charge in [-0.15, -0.1) is 0 Å². The number of rotatable bonds is 4. The van der Waals surface area contributed by atoms with E-state index in [1.54, 1.807) is 24.3 Å². The number of nitrogens with zero attached hydrogens (tertiary/aromatic N) is 2. The Morgan fingerprint density at radius 3 is 2.77 bits per heavy atom. The number of hydrogen-bond donors (Lipinski definition) is 0. The van der Waals surface area contributed by atoms with Crippen LogP contribution in [0.3, 0.4) is 0 Å². The number of ether oxygens (including phenoxy) is 2. The van der Waals surface area contributed by atoms with Crippen molar-refractivity contribution >= 4 is 68.5 Å². The zero-order valence-electron chi connectivity index (χ0n) is 18.0. The first-order valence-electron chi connectivity index (χ1n) is 10.7. The lowest BCUT2D eigenvalue weighted by atomic mass is 10.1. The maximum Gasteiger partial charge on any atom is 0.270 e. The number of fused-ring (bicyclic) bond motifs is 2. The van der Waals surface area contributed by atoms with Crippen LogP contribution in [0, 0.1) is 5.82 Å². The van der Waals surface area contributed by atoms with Gasteiger partial charge in [-0.1, -0.05) is 59.8 Å². The number of benzene rings is 3. The number of amides is 1. The van der Waals surface area contributed by atoms with Crippen molar-refractivity contribution in [2.45, 2.75) is 6.54 Å². The minimum atomic E-state index is -0.374. The Labute approximate surface area is 214 Å². The summed E-state index contributed by atoms with van der Waals surface area (Å²) < 4.78 is 26.8. The molecule has 6 rings (SSSR count). The van der Waals surface area contributed by atoms with Crippen LogP contribution < -0.4 is 14.4 Å². The van der Waals surface area contributed by atoms with Crippen LogP contribution in [0.1, 0.15) is 11.1 Å². The lowest BCUT2D eigenvalue weighted by molar-refractivity contribution is -0.113. The van der Waals surface area contributed by atoms with Crippen LogP contribution in [0.4, 0.5) is 10.1 Å². The Morgan fingerprint density at radius 1 is 1.09 bits per heavy atom. The minimum Gasteiger partial charge on any atom is -0.454 e. The number of thioether (sulfide) groups is 1. The molecule has 0 spiro atoms. The van der Waals surface area contributed by atoms with Crippen molar-refractivity contribution in [2.24, 2.45) is 0 Å². The fourth-order valence-electron chi connectivity index (χ4n) is 4.21. The third kappa shape index (κ3) is 3.97. The van der Waals surface area contributed by atoms with E-state index in [9.17, 15) is 9.18 Å². The van der Waals surface area contributed by atoms with Gasteiger partial charge in [0.1, 0.15) is 5.82 Å².